The molecule has 0 aliphatic heterocycles. The van der Waals surface area contributed by atoms with E-state index in [-0.39, 0.29) is 5.69 Å². The van der Waals surface area contributed by atoms with E-state index < -0.39 is 4.92 Å². The summed E-state index contributed by atoms with van der Waals surface area (Å²) in [7, 11) is 1.68. The maximum absolute atomic E-state index is 11.0. The normalized spacial score (nSPS) is 10.5. The maximum Gasteiger partial charge on any atom is 0.335 e. The number of aryl methyl sites for hydroxylation is 2. The molecule has 0 aromatic carbocycles. The fourth-order valence-electron chi connectivity index (χ4n) is 1.66. The standard InChI is InChI=1S/C10H13N5O2/c1-3-8-9(15(16)17)10(13(2)11-8)12-14-6-4-5-7-14/h4-7,12H,3H2,1-2H3. The second-order valence-corrected chi connectivity index (χ2v) is 3.58. The van der Waals surface area contributed by atoms with Gasteiger partial charge in [-0.2, -0.15) is 5.10 Å². The highest BCUT2D eigenvalue weighted by molar-refractivity contribution is 5.59. The minimum absolute atomic E-state index is 0.0312. The lowest BCUT2D eigenvalue weighted by Crippen LogP contribution is -2.11. The molecule has 2 rings (SSSR count). The summed E-state index contributed by atoms with van der Waals surface area (Å²) in [5.74, 6) is 0.378. The first-order chi connectivity index (χ1) is 8.13. The molecule has 1 N–H and O–H groups in total. The Morgan fingerprint density at radius 1 is 1.47 bits per heavy atom. The molecular weight excluding hydrogens is 222 g/mol. The highest BCUT2D eigenvalue weighted by Gasteiger charge is 2.25. The van der Waals surface area contributed by atoms with Crippen LogP contribution in [-0.2, 0) is 13.5 Å². The fourth-order valence-corrected chi connectivity index (χ4v) is 1.66. The van der Waals surface area contributed by atoms with E-state index in [0.29, 0.717) is 17.9 Å². The summed E-state index contributed by atoms with van der Waals surface area (Å²) in [6, 6.07) is 3.66. The lowest BCUT2D eigenvalue weighted by molar-refractivity contribution is -0.384. The minimum Gasteiger partial charge on any atom is -0.272 e. The zero-order valence-electron chi connectivity index (χ0n) is 9.62. The number of hydrogen-bond donors (Lipinski definition) is 1. The second kappa shape index (κ2) is 4.28. The predicted octanol–water partition coefficient (Wildman–Crippen LogP) is 1.57. The van der Waals surface area contributed by atoms with E-state index in [4.69, 9.17) is 0 Å². The number of nitrogens with one attached hydrogen (secondary N) is 1. The number of nitrogens with zero attached hydrogens (tertiary/aromatic N) is 4. The lowest BCUT2D eigenvalue weighted by atomic mass is 10.3. The number of rotatable bonds is 4. The van der Waals surface area contributed by atoms with Gasteiger partial charge in [0.1, 0.15) is 5.69 Å². The molecule has 0 saturated heterocycles. The minimum atomic E-state index is -0.405. The topological polar surface area (TPSA) is 77.9 Å². The zero-order chi connectivity index (χ0) is 12.4. The predicted molar refractivity (Wildman–Crippen MR) is 62.7 cm³/mol. The van der Waals surface area contributed by atoms with Crippen LogP contribution < -0.4 is 5.43 Å². The van der Waals surface area contributed by atoms with Crippen LogP contribution in [-0.4, -0.2) is 19.4 Å². The highest BCUT2D eigenvalue weighted by atomic mass is 16.6. The van der Waals surface area contributed by atoms with E-state index in [1.165, 1.54) is 4.68 Å². The molecule has 7 heteroatoms. The number of nitro groups is 1. The highest BCUT2D eigenvalue weighted by Crippen LogP contribution is 2.28. The molecule has 90 valence electrons. The average Bonchev–Trinajstić information content (AvgIpc) is 2.88. The fraction of sp³-hybridized carbons (Fsp3) is 0.300. The van der Waals surface area contributed by atoms with Gasteiger partial charge in [-0.3, -0.25) is 20.2 Å². The summed E-state index contributed by atoms with van der Waals surface area (Å²) in [6.45, 7) is 1.84. The largest absolute Gasteiger partial charge is 0.335 e. The van der Waals surface area contributed by atoms with Crippen LogP contribution in [0.25, 0.3) is 0 Å². The van der Waals surface area contributed by atoms with Crippen molar-refractivity contribution in [1.29, 1.82) is 0 Å². The van der Waals surface area contributed by atoms with Crippen molar-refractivity contribution in [1.82, 2.24) is 14.5 Å². The van der Waals surface area contributed by atoms with Crippen LogP contribution in [0.1, 0.15) is 12.6 Å². The smallest absolute Gasteiger partial charge is 0.272 e. The summed E-state index contributed by atoms with van der Waals surface area (Å²) >= 11 is 0. The van der Waals surface area contributed by atoms with Crippen molar-refractivity contribution >= 4 is 11.5 Å². The van der Waals surface area contributed by atoms with E-state index in [9.17, 15) is 10.1 Å². The molecule has 0 bridgehead atoms. The van der Waals surface area contributed by atoms with Gasteiger partial charge in [0.25, 0.3) is 0 Å². The Morgan fingerprint density at radius 2 is 2.12 bits per heavy atom. The Kier molecular flexibility index (Phi) is 2.82. The molecule has 0 unspecified atom stereocenters. The number of anilines is 1. The van der Waals surface area contributed by atoms with Gasteiger partial charge in [-0.15, -0.1) is 0 Å². The van der Waals surface area contributed by atoms with Crippen molar-refractivity contribution < 1.29 is 4.92 Å². The van der Waals surface area contributed by atoms with Gasteiger partial charge < -0.3 is 0 Å². The molecule has 0 fully saturated rings. The van der Waals surface area contributed by atoms with Crippen LogP contribution in [0.3, 0.4) is 0 Å². The summed E-state index contributed by atoms with van der Waals surface area (Å²) in [5, 5.41) is 15.2. The Balaban J connectivity index is 2.45. The summed E-state index contributed by atoms with van der Waals surface area (Å²) < 4.78 is 3.13. The molecule has 2 aromatic rings. The van der Waals surface area contributed by atoms with E-state index in [2.05, 4.69) is 10.5 Å². The molecule has 0 saturated carbocycles. The van der Waals surface area contributed by atoms with Crippen LogP contribution in [0.2, 0.25) is 0 Å². The summed E-state index contributed by atoms with van der Waals surface area (Å²) in [5.41, 5.74) is 3.44. The summed E-state index contributed by atoms with van der Waals surface area (Å²) in [4.78, 5) is 10.6. The lowest BCUT2D eigenvalue weighted by Gasteiger charge is -2.06. The van der Waals surface area contributed by atoms with Gasteiger partial charge in [-0.25, -0.2) is 4.68 Å². The van der Waals surface area contributed by atoms with Crippen molar-refractivity contribution in [3.8, 4) is 0 Å². The average molecular weight is 235 g/mol. The molecule has 2 heterocycles. The van der Waals surface area contributed by atoms with E-state index >= 15 is 0 Å². The van der Waals surface area contributed by atoms with Crippen molar-refractivity contribution in [2.24, 2.45) is 7.05 Å². The molecular formula is C10H13N5O2. The van der Waals surface area contributed by atoms with Gasteiger partial charge in [0.15, 0.2) is 0 Å². The molecule has 0 aliphatic carbocycles. The van der Waals surface area contributed by atoms with E-state index in [0.717, 1.165) is 0 Å². The molecule has 17 heavy (non-hydrogen) atoms. The van der Waals surface area contributed by atoms with E-state index in [1.54, 1.807) is 24.1 Å². The Bertz CT molecular complexity index is 529. The first-order valence-corrected chi connectivity index (χ1v) is 5.23. The third-order valence-electron chi connectivity index (χ3n) is 2.45. The third kappa shape index (κ3) is 1.99. The van der Waals surface area contributed by atoms with Crippen molar-refractivity contribution in [3.63, 3.8) is 0 Å². The Hall–Kier alpha value is -2.31. The van der Waals surface area contributed by atoms with Gasteiger partial charge in [0.05, 0.1) is 4.92 Å². The van der Waals surface area contributed by atoms with Gasteiger partial charge >= 0.3 is 5.69 Å². The number of hydrogen-bond acceptors (Lipinski definition) is 4. The van der Waals surface area contributed by atoms with Crippen molar-refractivity contribution in [3.05, 3.63) is 40.3 Å². The van der Waals surface area contributed by atoms with Crippen LogP contribution in [0.4, 0.5) is 11.5 Å². The molecule has 0 radical (unpaired) electrons. The van der Waals surface area contributed by atoms with Crippen molar-refractivity contribution in [2.45, 2.75) is 13.3 Å². The third-order valence-corrected chi connectivity index (χ3v) is 2.45. The monoisotopic (exact) mass is 235 g/mol. The van der Waals surface area contributed by atoms with Gasteiger partial charge in [-0.1, -0.05) is 6.92 Å². The van der Waals surface area contributed by atoms with Crippen LogP contribution in [0.15, 0.2) is 24.5 Å². The first-order valence-electron chi connectivity index (χ1n) is 5.23. The maximum atomic E-state index is 11.0. The number of aromatic nitrogens is 3. The first kappa shape index (κ1) is 11.2. The molecule has 7 nitrogen and oxygen atoms in total. The Morgan fingerprint density at radius 3 is 2.65 bits per heavy atom. The summed E-state index contributed by atoms with van der Waals surface area (Å²) in [6.07, 6.45) is 4.06. The molecule has 0 aliphatic rings. The van der Waals surface area contributed by atoms with Gasteiger partial charge in [0, 0.05) is 19.4 Å². The van der Waals surface area contributed by atoms with Gasteiger partial charge in [-0.05, 0) is 18.6 Å². The Labute approximate surface area is 97.8 Å². The van der Waals surface area contributed by atoms with Crippen molar-refractivity contribution in [2.75, 3.05) is 5.43 Å². The molecule has 2 aromatic heterocycles. The second-order valence-electron chi connectivity index (χ2n) is 3.58. The quantitative estimate of drug-likeness (QED) is 0.644. The van der Waals surface area contributed by atoms with Crippen LogP contribution in [0.5, 0.6) is 0 Å². The SMILES string of the molecule is CCc1nn(C)c(Nn2cccc2)c1[N+](=O)[O-]. The molecule has 0 atom stereocenters. The van der Waals surface area contributed by atoms with Crippen LogP contribution >= 0.6 is 0 Å². The molecule has 0 amide bonds. The van der Waals surface area contributed by atoms with E-state index in [1.807, 2.05) is 19.1 Å². The molecule has 0 spiro atoms. The zero-order valence-corrected chi connectivity index (χ0v) is 9.62. The van der Waals surface area contributed by atoms with Gasteiger partial charge in [0.2, 0.25) is 5.82 Å². The van der Waals surface area contributed by atoms with Crippen LogP contribution in [0, 0.1) is 10.1 Å².